The zero-order valence-corrected chi connectivity index (χ0v) is 15.1. The number of rotatable bonds is 2. The Bertz CT molecular complexity index is 1080. The highest BCUT2D eigenvalue weighted by Crippen LogP contribution is 2.33. The molecule has 3 heterocycles. The van der Waals surface area contributed by atoms with Crippen LogP contribution in [0.4, 0.5) is 18.9 Å². The summed E-state index contributed by atoms with van der Waals surface area (Å²) in [6.45, 7) is 4.08. The molecule has 146 valence electrons. The molecule has 0 spiro atoms. The fourth-order valence-corrected chi connectivity index (χ4v) is 3.36. The number of fused-ring (bicyclic) bond motifs is 2. The Morgan fingerprint density at radius 1 is 1.18 bits per heavy atom. The van der Waals surface area contributed by atoms with E-state index in [1.807, 2.05) is 19.9 Å². The van der Waals surface area contributed by atoms with E-state index in [4.69, 9.17) is 0 Å². The van der Waals surface area contributed by atoms with Crippen LogP contribution in [0.5, 0.6) is 5.75 Å². The second kappa shape index (κ2) is 6.47. The Hall–Kier alpha value is -3.17. The third-order valence-electron chi connectivity index (χ3n) is 4.46. The molecule has 1 amide bonds. The van der Waals surface area contributed by atoms with Crippen molar-refractivity contribution >= 4 is 17.4 Å². The van der Waals surface area contributed by atoms with Gasteiger partial charge in [-0.25, -0.2) is 9.50 Å². The van der Waals surface area contributed by atoms with Gasteiger partial charge < -0.3 is 9.64 Å². The van der Waals surface area contributed by atoms with E-state index in [0.29, 0.717) is 36.4 Å². The standard InChI is InChI=1S/C18H16F3N5O2/c1-10-8-11(2)26-17(22-10)23-15(24-26)16(27)25-7-3-4-12-9-13(5-6-14(12)25)28-18(19,20)21/h5-6,8-9H,3-4,7H2,1-2H3. The Labute approximate surface area is 157 Å². The molecule has 10 heteroatoms. The summed E-state index contributed by atoms with van der Waals surface area (Å²) < 4.78 is 42.8. The number of ether oxygens (including phenoxy) is 1. The Balaban J connectivity index is 1.67. The Kier molecular flexibility index (Phi) is 4.20. The van der Waals surface area contributed by atoms with Gasteiger partial charge in [-0.2, -0.15) is 4.98 Å². The summed E-state index contributed by atoms with van der Waals surface area (Å²) >= 11 is 0. The number of halogens is 3. The zero-order valence-electron chi connectivity index (χ0n) is 15.1. The molecule has 0 N–H and O–H groups in total. The van der Waals surface area contributed by atoms with Gasteiger partial charge in [-0.15, -0.1) is 18.3 Å². The molecule has 1 aliphatic rings. The summed E-state index contributed by atoms with van der Waals surface area (Å²) in [4.78, 5) is 23.0. The molecule has 7 nitrogen and oxygen atoms in total. The highest BCUT2D eigenvalue weighted by atomic mass is 19.4. The number of hydrogen-bond acceptors (Lipinski definition) is 5. The van der Waals surface area contributed by atoms with E-state index in [2.05, 4.69) is 19.8 Å². The van der Waals surface area contributed by atoms with Crippen LogP contribution in [0, 0.1) is 13.8 Å². The maximum absolute atomic E-state index is 13.0. The summed E-state index contributed by atoms with van der Waals surface area (Å²) in [5.41, 5.74) is 2.69. The number of aromatic nitrogens is 4. The molecule has 0 bridgehead atoms. The summed E-state index contributed by atoms with van der Waals surface area (Å²) in [6, 6.07) is 5.80. The smallest absolute Gasteiger partial charge is 0.406 e. The number of alkyl halides is 3. The van der Waals surface area contributed by atoms with Crippen molar-refractivity contribution in [1.82, 2.24) is 19.6 Å². The van der Waals surface area contributed by atoms with Crippen molar-refractivity contribution < 1.29 is 22.7 Å². The lowest BCUT2D eigenvalue weighted by Gasteiger charge is -2.29. The number of carbonyl (C=O) groups excluding carboxylic acids is 1. The van der Waals surface area contributed by atoms with Gasteiger partial charge in [-0.05, 0) is 56.5 Å². The van der Waals surface area contributed by atoms with Crippen LogP contribution < -0.4 is 9.64 Å². The first kappa shape index (κ1) is 18.2. The van der Waals surface area contributed by atoms with Gasteiger partial charge in [-0.3, -0.25) is 4.79 Å². The summed E-state index contributed by atoms with van der Waals surface area (Å²) in [5, 5.41) is 4.25. The lowest BCUT2D eigenvalue weighted by Crippen LogP contribution is -2.36. The fourth-order valence-electron chi connectivity index (χ4n) is 3.36. The van der Waals surface area contributed by atoms with Crippen molar-refractivity contribution in [2.24, 2.45) is 0 Å². The van der Waals surface area contributed by atoms with E-state index >= 15 is 0 Å². The summed E-state index contributed by atoms with van der Waals surface area (Å²) in [6.07, 6.45) is -3.60. The van der Waals surface area contributed by atoms with Crippen LogP contribution in [0.1, 0.15) is 34.0 Å². The first-order chi connectivity index (χ1) is 13.2. The average molecular weight is 391 g/mol. The number of aryl methyl sites for hydroxylation is 3. The van der Waals surface area contributed by atoms with Crippen molar-refractivity contribution in [1.29, 1.82) is 0 Å². The van der Waals surface area contributed by atoms with Crippen LogP contribution in [0.25, 0.3) is 5.78 Å². The molecule has 0 fully saturated rings. The van der Waals surface area contributed by atoms with Crippen LogP contribution in [-0.4, -0.2) is 38.4 Å². The quantitative estimate of drug-likeness (QED) is 0.671. The molecule has 0 aliphatic carbocycles. The number of nitrogens with zero attached hydrogens (tertiary/aromatic N) is 5. The molecular formula is C18H16F3N5O2. The summed E-state index contributed by atoms with van der Waals surface area (Å²) in [7, 11) is 0. The molecule has 0 saturated carbocycles. The fraction of sp³-hybridized carbons (Fsp3) is 0.333. The van der Waals surface area contributed by atoms with Crippen molar-refractivity contribution in [2.45, 2.75) is 33.1 Å². The van der Waals surface area contributed by atoms with Gasteiger partial charge in [0.05, 0.1) is 0 Å². The number of amides is 1. The van der Waals surface area contributed by atoms with Crippen molar-refractivity contribution in [3.05, 3.63) is 47.0 Å². The van der Waals surface area contributed by atoms with Crippen molar-refractivity contribution in [3.8, 4) is 5.75 Å². The molecule has 0 saturated heterocycles. The molecule has 0 atom stereocenters. The second-order valence-electron chi connectivity index (χ2n) is 6.58. The first-order valence-corrected chi connectivity index (χ1v) is 8.63. The van der Waals surface area contributed by atoms with Crippen molar-refractivity contribution in [2.75, 3.05) is 11.4 Å². The predicted molar refractivity (Wildman–Crippen MR) is 93.4 cm³/mol. The number of benzene rings is 1. The molecule has 4 rings (SSSR count). The van der Waals surface area contributed by atoms with Crippen molar-refractivity contribution in [3.63, 3.8) is 0 Å². The molecule has 1 aliphatic heterocycles. The Morgan fingerprint density at radius 3 is 2.71 bits per heavy atom. The lowest BCUT2D eigenvalue weighted by atomic mass is 10.0. The van der Waals surface area contributed by atoms with Gasteiger partial charge in [0.15, 0.2) is 0 Å². The van der Waals surface area contributed by atoms with E-state index in [-0.39, 0.29) is 11.6 Å². The van der Waals surface area contributed by atoms with Gasteiger partial charge in [0, 0.05) is 23.6 Å². The van der Waals surface area contributed by atoms with E-state index in [9.17, 15) is 18.0 Å². The molecule has 3 aromatic rings. The third kappa shape index (κ3) is 3.37. The van der Waals surface area contributed by atoms with Crippen LogP contribution in [-0.2, 0) is 6.42 Å². The minimum absolute atomic E-state index is 0.00957. The predicted octanol–water partition coefficient (Wildman–Crippen LogP) is 3.23. The number of anilines is 1. The SMILES string of the molecule is Cc1cc(C)n2nc(C(=O)N3CCCc4cc(OC(F)(F)F)ccc43)nc2n1. The molecule has 0 radical (unpaired) electrons. The van der Waals surface area contributed by atoms with Crippen LogP contribution >= 0.6 is 0 Å². The lowest BCUT2D eigenvalue weighted by molar-refractivity contribution is -0.274. The van der Waals surface area contributed by atoms with Crippen LogP contribution in [0.15, 0.2) is 24.3 Å². The monoisotopic (exact) mass is 391 g/mol. The largest absolute Gasteiger partial charge is 0.573 e. The van der Waals surface area contributed by atoms with Crippen LogP contribution in [0.3, 0.4) is 0 Å². The normalized spacial score (nSPS) is 14.2. The van der Waals surface area contributed by atoms with Gasteiger partial charge in [0.2, 0.25) is 5.82 Å². The maximum Gasteiger partial charge on any atom is 0.573 e. The number of hydrogen-bond donors (Lipinski definition) is 0. The third-order valence-corrected chi connectivity index (χ3v) is 4.46. The molecule has 28 heavy (non-hydrogen) atoms. The van der Waals surface area contributed by atoms with Gasteiger partial charge in [0.1, 0.15) is 5.75 Å². The Morgan fingerprint density at radius 2 is 1.96 bits per heavy atom. The van der Waals surface area contributed by atoms with E-state index in [0.717, 1.165) is 11.4 Å². The highest BCUT2D eigenvalue weighted by molar-refractivity contribution is 6.04. The first-order valence-electron chi connectivity index (χ1n) is 8.63. The van der Waals surface area contributed by atoms with Gasteiger partial charge in [0.25, 0.3) is 11.7 Å². The maximum atomic E-state index is 13.0. The second-order valence-corrected chi connectivity index (χ2v) is 6.58. The molecule has 1 aromatic carbocycles. The van der Waals surface area contributed by atoms with E-state index < -0.39 is 12.3 Å². The van der Waals surface area contributed by atoms with Gasteiger partial charge in [-0.1, -0.05) is 0 Å². The topological polar surface area (TPSA) is 72.6 Å². The average Bonchev–Trinajstić information content (AvgIpc) is 3.03. The number of carbonyl (C=O) groups is 1. The zero-order chi connectivity index (χ0) is 20.1. The highest BCUT2D eigenvalue weighted by Gasteiger charge is 2.32. The molecular weight excluding hydrogens is 375 g/mol. The van der Waals surface area contributed by atoms with Crippen LogP contribution in [0.2, 0.25) is 0 Å². The van der Waals surface area contributed by atoms with E-state index in [1.54, 1.807) is 0 Å². The van der Waals surface area contributed by atoms with E-state index in [1.165, 1.54) is 27.6 Å². The molecule has 0 unspecified atom stereocenters. The van der Waals surface area contributed by atoms with Gasteiger partial charge >= 0.3 is 6.36 Å². The molecule has 2 aromatic heterocycles. The summed E-state index contributed by atoms with van der Waals surface area (Å²) in [5.74, 6) is -0.411. The minimum atomic E-state index is -4.76. The minimum Gasteiger partial charge on any atom is -0.406 e.